The quantitative estimate of drug-likeness (QED) is 0.227. The summed E-state index contributed by atoms with van der Waals surface area (Å²) >= 11 is 0. The van der Waals surface area contributed by atoms with Crippen molar-refractivity contribution < 1.29 is 4.79 Å². The Morgan fingerprint density at radius 2 is 1.21 bits per heavy atom. The molecule has 0 N–H and O–H groups in total. The van der Waals surface area contributed by atoms with Gasteiger partial charge in [0.2, 0.25) is 0 Å². The Bertz CT molecular complexity index is 2010. The lowest BCUT2D eigenvalue weighted by Crippen LogP contribution is -2.21. The van der Waals surface area contributed by atoms with Crippen LogP contribution in [0.1, 0.15) is 36.1 Å². The zero-order valence-corrected chi connectivity index (χ0v) is 23.6. The standard InChI is InChI=1S/C40H29NO/c1-40(2)35-15-9-8-14-32(35)33-21-20-30(25-36(33)40)41(29-18-16-27(17-19-29)26-10-4-3-5-11-26)37-22-23-38(42)34-24-28-12-6-7-13-31(28)39(34)37/h3-25H,1-2H3. The van der Waals surface area contributed by atoms with E-state index in [0.29, 0.717) is 0 Å². The molecule has 0 fully saturated rings. The van der Waals surface area contributed by atoms with E-state index in [4.69, 9.17) is 0 Å². The SMILES string of the molecule is CC1(C)c2ccccc2-c2ccc(N(C3=C4C(=Cc5ccccc54)C(=O)C=C3)c3ccc(-c4ccccc4)cc3)cc21. The van der Waals surface area contributed by atoms with E-state index >= 15 is 0 Å². The van der Waals surface area contributed by atoms with Crippen molar-refractivity contribution in [1.82, 2.24) is 0 Å². The Morgan fingerprint density at radius 1 is 0.571 bits per heavy atom. The minimum absolute atomic E-state index is 0.0508. The van der Waals surface area contributed by atoms with Gasteiger partial charge in [-0.25, -0.2) is 0 Å². The van der Waals surface area contributed by atoms with Crippen LogP contribution >= 0.6 is 0 Å². The fraction of sp³-hybridized carbons (Fsp3) is 0.0750. The molecule has 0 heterocycles. The Kier molecular flexibility index (Phi) is 5.36. The summed E-state index contributed by atoms with van der Waals surface area (Å²) in [5, 5.41) is 0. The van der Waals surface area contributed by atoms with Crippen LogP contribution in [0.2, 0.25) is 0 Å². The van der Waals surface area contributed by atoms with Gasteiger partial charge >= 0.3 is 0 Å². The second kappa shape index (κ2) is 9.15. The number of rotatable bonds is 4. The normalized spacial score (nSPS) is 15.6. The van der Waals surface area contributed by atoms with Crippen molar-refractivity contribution in [2.24, 2.45) is 0 Å². The van der Waals surface area contributed by atoms with Gasteiger partial charge in [0.05, 0.1) is 5.70 Å². The minimum Gasteiger partial charge on any atom is -0.310 e. The number of benzene rings is 5. The van der Waals surface area contributed by atoms with Crippen LogP contribution in [0.3, 0.4) is 0 Å². The molecule has 2 heteroatoms. The predicted octanol–water partition coefficient (Wildman–Crippen LogP) is 9.75. The van der Waals surface area contributed by atoms with Crippen molar-refractivity contribution >= 4 is 28.8 Å². The molecule has 5 aromatic carbocycles. The number of fused-ring (bicyclic) bond motifs is 6. The monoisotopic (exact) mass is 539 g/mol. The van der Waals surface area contributed by atoms with Gasteiger partial charge in [-0.3, -0.25) is 4.79 Å². The molecule has 0 unspecified atom stereocenters. The second-order valence-corrected chi connectivity index (χ2v) is 11.8. The molecule has 0 bridgehead atoms. The van der Waals surface area contributed by atoms with Crippen molar-refractivity contribution in [3.63, 3.8) is 0 Å². The Hall–Kier alpha value is -5.21. The van der Waals surface area contributed by atoms with E-state index in [1.54, 1.807) is 6.08 Å². The first-order valence-electron chi connectivity index (χ1n) is 14.5. The molecule has 3 aliphatic rings. The van der Waals surface area contributed by atoms with Gasteiger partial charge in [-0.05, 0) is 87.0 Å². The van der Waals surface area contributed by atoms with Gasteiger partial charge in [0, 0.05) is 27.9 Å². The van der Waals surface area contributed by atoms with E-state index in [2.05, 4.69) is 128 Å². The zero-order chi connectivity index (χ0) is 28.4. The number of carbonyl (C=O) groups excluding carboxylic acids is 1. The van der Waals surface area contributed by atoms with Crippen LogP contribution in [0.4, 0.5) is 11.4 Å². The molecule has 3 aliphatic carbocycles. The molecule has 0 saturated carbocycles. The highest BCUT2D eigenvalue weighted by atomic mass is 16.1. The first kappa shape index (κ1) is 24.6. The first-order valence-corrected chi connectivity index (χ1v) is 14.5. The van der Waals surface area contributed by atoms with Crippen molar-refractivity contribution in [1.29, 1.82) is 0 Å². The molecule has 0 radical (unpaired) electrons. The number of carbonyl (C=O) groups is 1. The molecular formula is C40H29NO. The number of hydrogen-bond acceptors (Lipinski definition) is 2. The summed E-state index contributed by atoms with van der Waals surface area (Å²) in [6, 6.07) is 43.1. The van der Waals surface area contributed by atoms with Crippen molar-refractivity contribution in [2.75, 3.05) is 4.90 Å². The highest BCUT2D eigenvalue weighted by Gasteiger charge is 2.36. The maximum atomic E-state index is 13.1. The Morgan fingerprint density at radius 3 is 2.02 bits per heavy atom. The third kappa shape index (κ3) is 3.62. The highest BCUT2D eigenvalue weighted by Crippen LogP contribution is 2.51. The van der Waals surface area contributed by atoms with Crippen molar-refractivity contribution in [3.05, 3.63) is 167 Å². The lowest BCUT2D eigenvalue weighted by atomic mass is 9.82. The molecule has 0 spiro atoms. The van der Waals surface area contributed by atoms with Gasteiger partial charge in [0.15, 0.2) is 5.78 Å². The Labute approximate surface area is 246 Å². The zero-order valence-electron chi connectivity index (χ0n) is 23.6. The van der Waals surface area contributed by atoms with E-state index in [-0.39, 0.29) is 11.2 Å². The maximum absolute atomic E-state index is 13.1. The van der Waals surface area contributed by atoms with Gasteiger partial charge in [-0.15, -0.1) is 0 Å². The molecule has 200 valence electrons. The van der Waals surface area contributed by atoms with Gasteiger partial charge in [-0.1, -0.05) is 111 Å². The van der Waals surface area contributed by atoms with Gasteiger partial charge in [0.25, 0.3) is 0 Å². The van der Waals surface area contributed by atoms with E-state index < -0.39 is 0 Å². The molecule has 42 heavy (non-hydrogen) atoms. The average molecular weight is 540 g/mol. The van der Waals surface area contributed by atoms with Crippen molar-refractivity contribution in [2.45, 2.75) is 19.3 Å². The first-order chi connectivity index (χ1) is 20.5. The summed E-state index contributed by atoms with van der Waals surface area (Å²) in [6.45, 7) is 4.63. The lowest BCUT2D eigenvalue weighted by Gasteiger charge is -2.31. The van der Waals surface area contributed by atoms with E-state index in [1.807, 2.05) is 24.3 Å². The fourth-order valence-electron chi connectivity index (χ4n) is 6.90. The molecule has 0 amide bonds. The van der Waals surface area contributed by atoms with Crippen LogP contribution in [-0.2, 0) is 10.2 Å². The van der Waals surface area contributed by atoms with E-state index in [9.17, 15) is 4.79 Å². The summed E-state index contributed by atoms with van der Waals surface area (Å²) in [5.41, 5.74) is 14.6. The van der Waals surface area contributed by atoms with Crippen LogP contribution in [0.5, 0.6) is 0 Å². The lowest BCUT2D eigenvalue weighted by molar-refractivity contribution is -0.110. The molecule has 0 atom stereocenters. The van der Waals surface area contributed by atoms with Gasteiger partial charge in [0.1, 0.15) is 0 Å². The third-order valence-corrected chi connectivity index (χ3v) is 9.01. The Balaban J connectivity index is 1.34. The summed E-state index contributed by atoms with van der Waals surface area (Å²) in [5.74, 6) is 0.0508. The second-order valence-electron chi connectivity index (χ2n) is 11.8. The highest BCUT2D eigenvalue weighted by molar-refractivity contribution is 6.25. The molecule has 8 rings (SSSR count). The number of allylic oxidation sites excluding steroid dienone is 4. The van der Waals surface area contributed by atoms with Crippen LogP contribution in [0, 0.1) is 0 Å². The topological polar surface area (TPSA) is 20.3 Å². The number of anilines is 2. The number of hydrogen-bond donors (Lipinski definition) is 0. The van der Waals surface area contributed by atoms with Gasteiger partial charge < -0.3 is 4.90 Å². The van der Waals surface area contributed by atoms with Crippen LogP contribution < -0.4 is 4.90 Å². The smallest absolute Gasteiger partial charge is 0.186 e. The number of ketones is 1. The summed E-state index contributed by atoms with van der Waals surface area (Å²) in [6.07, 6.45) is 5.75. The predicted molar refractivity (Wildman–Crippen MR) is 174 cm³/mol. The fourth-order valence-corrected chi connectivity index (χ4v) is 6.90. The van der Waals surface area contributed by atoms with Crippen molar-refractivity contribution in [3.8, 4) is 22.3 Å². The van der Waals surface area contributed by atoms with E-state index in [0.717, 1.165) is 39.3 Å². The maximum Gasteiger partial charge on any atom is 0.186 e. The summed E-state index contributed by atoms with van der Waals surface area (Å²) in [4.78, 5) is 15.5. The minimum atomic E-state index is -0.119. The van der Waals surface area contributed by atoms with Gasteiger partial charge in [-0.2, -0.15) is 0 Å². The molecule has 0 aromatic heterocycles. The third-order valence-electron chi connectivity index (χ3n) is 9.01. The van der Waals surface area contributed by atoms with Crippen LogP contribution in [0.15, 0.2) is 145 Å². The summed E-state index contributed by atoms with van der Waals surface area (Å²) < 4.78 is 0. The molecule has 0 saturated heterocycles. The summed E-state index contributed by atoms with van der Waals surface area (Å²) in [7, 11) is 0. The van der Waals surface area contributed by atoms with E-state index in [1.165, 1.54) is 33.4 Å². The van der Waals surface area contributed by atoms with Crippen LogP contribution in [-0.4, -0.2) is 5.78 Å². The molecular weight excluding hydrogens is 510 g/mol. The largest absolute Gasteiger partial charge is 0.310 e. The number of nitrogens with zero attached hydrogens (tertiary/aromatic N) is 1. The molecule has 0 aliphatic heterocycles. The molecule has 5 aromatic rings. The molecule has 2 nitrogen and oxygen atoms in total. The average Bonchev–Trinajstić information content (AvgIpc) is 3.53. The van der Waals surface area contributed by atoms with Crippen LogP contribution in [0.25, 0.3) is 33.9 Å².